The van der Waals surface area contributed by atoms with Crippen LogP contribution in [0.5, 0.6) is 0 Å². The van der Waals surface area contributed by atoms with Crippen molar-refractivity contribution in [3.63, 3.8) is 0 Å². The lowest BCUT2D eigenvalue weighted by atomic mass is 9.94. The molecule has 0 N–H and O–H groups in total. The number of nitrogens with zero attached hydrogens (tertiary/aromatic N) is 2. The van der Waals surface area contributed by atoms with Gasteiger partial charge in [0.1, 0.15) is 5.58 Å². The minimum Gasteiger partial charge on any atom is -0.438 e. The van der Waals surface area contributed by atoms with Crippen molar-refractivity contribution in [1.82, 2.24) is 9.97 Å². The predicted molar refractivity (Wildman–Crippen MR) is 115 cm³/mol. The van der Waals surface area contributed by atoms with Crippen molar-refractivity contribution < 1.29 is 4.42 Å². The zero-order chi connectivity index (χ0) is 18.7. The molecule has 0 unspecified atom stereocenters. The molecule has 132 valence electrons. The van der Waals surface area contributed by atoms with Crippen molar-refractivity contribution >= 4 is 55.2 Å². The van der Waals surface area contributed by atoms with Crippen LogP contribution in [0, 0.1) is 0 Å². The van der Waals surface area contributed by atoms with Crippen LogP contribution in [-0.4, -0.2) is 9.97 Å². The Morgan fingerprint density at radius 3 is 2.21 bits per heavy atom. The Morgan fingerprint density at radius 2 is 1.36 bits per heavy atom. The molecule has 0 aliphatic carbocycles. The molecule has 0 aliphatic rings. The minimum absolute atomic E-state index is 0.179. The Hall–Kier alpha value is -3.43. The molecule has 0 spiro atoms. The first-order valence-electron chi connectivity index (χ1n) is 9.05. The molecular formula is C24H13ClN2O. The molecular weight excluding hydrogens is 368 g/mol. The highest BCUT2D eigenvalue weighted by Crippen LogP contribution is 2.40. The molecule has 0 radical (unpaired) electrons. The van der Waals surface area contributed by atoms with Crippen LogP contribution in [-0.2, 0) is 0 Å². The lowest BCUT2D eigenvalue weighted by Gasteiger charge is -2.11. The fourth-order valence-electron chi connectivity index (χ4n) is 4.04. The topological polar surface area (TPSA) is 38.9 Å². The summed E-state index contributed by atoms with van der Waals surface area (Å²) in [5.74, 6) is 0. The van der Waals surface area contributed by atoms with Gasteiger partial charge in [0.15, 0.2) is 0 Å². The molecule has 0 saturated heterocycles. The largest absolute Gasteiger partial charge is 0.438 e. The first kappa shape index (κ1) is 15.6. The number of rotatable bonds is 1. The summed E-state index contributed by atoms with van der Waals surface area (Å²) in [6, 6.07) is 26.9. The standard InChI is InChI=1S/C24H13ClN2O/c25-24-26-22(21-18-11-5-6-12-20(18)28-23(21)27-24)19-13-14-7-1-2-8-15(14)16-9-3-4-10-17(16)19/h1-13H. The van der Waals surface area contributed by atoms with Crippen molar-refractivity contribution in [3.8, 4) is 11.3 Å². The fraction of sp³-hybridized carbons (Fsp3) is 0. The van der Waals surface area contributed by atoms with Gasteiger partial charge in [-0.25, -0.2) is 4.98 Å². The third-order valence-corrected chi connectivity index (χ3v) is 5.40. The molecule has 6 aromatic rings. The van der Waals surface area contributed by atoms with Gasteiger partial charge in [-0.2, -0.15) is 4.98 Å². The minimum atomic E-state index is 0.179. The summed E-state index contributed by atoms with van der Waals surface area (Å²) < 4.78 is 5.96. The van der Waals surface area contributed by atoms with Crippen LogP contribution in [0.2, 0.25) is 5.28 Å². The zero-order valence-electron chi connectivity index (χ0n) is 14.7. The average Bonchev–Trinajstić information content (AvgIpc) is 3.10. The van der Waals surface area contributed by atoms with Gasteiger partial charge in [0.05, 0.1) is 11.1 Å². The van der Waals surface area contributed by atoms with E-state index in [1.165, 1.54) is 10.8 Å². The molecule has 3 nitrogen and oxygen atoms in total. The van der Waals surface area contributed by atoms with Crippen LogP contribution in [0.15, 0.2) is 83.3 Å². The van der Waals surface area contributed by atoms with E-state index in [9.17, 15) is 0 Å². The number of aromatic nitrogens is 2. The summed E-state index contributed by atoms with van der Waals surface area (Å²) in [7, 11) is 0. The van der Waals surface area contributed by atoms with Gasteiger partial charge in [-0.15, -0.1) is 0 Å². The molecule has 2 heterocycles. The second-order valence-corrected chi connectivity index (χ2v) is 7.15. The SMILES string of the molecule is Clc1nc(-c2cc3ccccc3c3ccccc23)c2c(n1)oc1ccccc12. The van der Waals surface area contributed by atoms with E-state index in [4.69, 9.17) is 16.0 Å². The summed E-state index contributed by atoms with van der Waals surface area (Å²) >= 11 is 6.29. The number of halogens is 1. The summed E-state index contributed by atoms with van der Waals surface area (Å²) in [5, 5.41) is 6.75. The molecule has 0 saturated carbocycles. The van der Waals surface area contributed by atoms with E-state index < -0.39 is 0 Å². The molecule has 0 fully saturated rings. The maximum atomic E-state index is 6.29. The van der Waals surface area contributed by atoms with Crippen molar-refractivity contribution in [2.75, 3.05) is 0 Å². The van der Waals surface area contributed by atoms with E-state index in [1.807, 2.05) is 30.3 Å². The highest BCUT2D eigenvalue weighted by atomic mass is 35.5. The smallest absolute Gasteiger partial charge is 0.232 e. The molecule has 4 aromatic carbocycles. The summed E-state index contributed by atoms with van der Waals surface area (Å²) in [4.78, 5) is 8.97. The highest BCUT2D eigenvalue weighted by Gasteiger charge is 2.19. The first-order chi connectivity index (χ1) is 13.8. The molecule has 6 rings (SSSR count). The van der Waals surface area contributed by atoms with E-state index in [1.54, 1.807) is 0 Å². The van der Waals surface area contributed by atoms with Crippen LogP contribution in [0.3, 0.4) is 0 Å². The highest BCUT2D eigenvalue weighted by molar-refractivity contribution is 6.29. The van der Waals surface area contributed by atoms with Gasteiger partial charge >= 0.3 is 0 Å². The van der Waals surface area contributed by atoms with Crippen molar-refractivity contribution in [3.05, 3.63) is 84.1 Å². The lowest BCUT2D eigenvalue weighted by molar-refractivity contribution is 0.653. The van der Waals surface area contributed by atoms with Crippen molar-refractivity contribution in [1.29, 1.82) is 0 Å². The molecule has 0 bridgehead atoms. The quantitative estimate of drug-likeness (QED) is 0.227. The number of fused-ring (bicyclic) bond motifs is 6. The van der Waals surface area contributed by atoms with E-state index in [-0.39, 0.29) is 5.28 Å². The molecule has 0 atom stereocenters. The van der Waals surface area contributed by atoms with E-state index in [0.717, 1.165) is 38.4 Å². The molecule has 0 amide bonds. The van der Waals surface area contributed by atoms with E-state index >= 15 is 0 Å². The number of hydrogen-bond acceptors (Lipinski definition) is 3. The maximum absolute atomic E-state index is 6.29. The average molecular weight is 381 g/mol. The van der Waals surface area contributed by atoms with Gasteiger partial charge in [-0.05, 0) is 45.3 Å². The molecule has 28 heavy (non-hydrogen) atoms. The number of furan rings is 1. The van der Waals surface area contributed by atoms with E-state index in [2.05, 4.69) is 58.5 Å². The van der Waals surface area contributed by atoms with Crippen molar-refractivity contribution in [2.45, 2.75) is 0 Å². The normalized spacial score (nSPS) is 11.8. The molecule has 0 aliphatic heterocycles. The van der Waals surface area contributed by atoms with Crippen LogP contribution in [0.1, 0.15) is 0 Å². The van der Waals surface area contributed by atoms with Crippen LogP contribution >= 0.6 is 11.6 Å². The maximum Gasteiger partial charge on any atom is 0.232 e. The predicted octanol–water partition coefficient (Wildman–Crippen LogP) is 7.00. The second-order valence-electron chi connectivity index (χ2n) is 6.81. The van der Waals surface area contributed by atoms with Gasteiger partial charge in [0.25, 0.3) is 0 Å². The molecule has 4 heteroatoms. The fourth-order valence-corrected chi connectivity index (χ4v) is 4.20. The van der Waals surface area contributed by atoms with Gasteiger partial charge in [0.2, 0.25) is 11.0 Å². The number of para-hydroxylation sites is 1. The monoisotopic (exact) mass is 380 g/mol. The third-order valence-electron chi connectivity index (χ3n) is 5.23. The van der Waals surface area contributed by atoms with Gasteiger partial charge in [-0.3, -0.25) is 0 Å². The van der Waals surface area contributed by atoms with Gasteiger partial charge in [-0.1, -0.05) is 66.7 Å². The van der Waals surface area contributed by atoms with Crippen LogP contribution < -0.4 is 0 Å². The third kappa shape index (κ3) is 2.17. The summed E-state index contributed by atoms with van der Waals surface area (Å²) in [6.45, 7) is 0. The number of hydrogen-bond donors (Lipinski definition) is 0. The first-order valence-corrected chi connectivity index (χ1v) is 9.43. The Balaban J connectivity index is 1.85. The van der Waals surface area contributed by atoms with Crippen molar-refractivity contribution in [2.24, 2.45) is 0 Å². The Bertz CT molecular complexity index is 1530. The van der Waals surface area contributed by atoms with Gasteiger partial charge in [0, 0.05) is 10.9 Å². The Kier molecular flexibility index (Phi) is 3.22. The lowest BCUT2D eigenvalue weighted by Crippen LogP contribution is -1.91. The Morgan fingerprint density at radius 1 is 0.679 bits per heavy atom. The summed E-state index contributed by atoms with van der Waals surface area (Å²) in [6.07, 6.45) is 0. The van der Waals surface area contributed by atoms with E-state index in [0.29, 0.717) is 5.71 Å². The molecule has 2 aromatic heterocycles. The second kappa shape index (κ2) is 5.78. The zero-order valence-corrected chi connectivity index (χ0v) is 15.4. The van der Waals surface area contributed by atoms with Crippen LogP contribution in [0.25, 0.3) is 54.9 Å². The summed E-state index contributed by atoms with van der Waals surface area (Å²) in [5.41, 5.74) is 3.10. The van der Waals surface area contributed by atoms with Gasteiger partial charge < -0.3 is 4.42 Å². The Labute approximate surface area is 165 Å². The van der Waals surface area contributed by atoms with Crippen LogP contribution in [0.4, 0.5) is 0 Å². The number of benzene rings is 4.